The first-order valence-corrected chi connectivity index (χ1v) is 34.1. The standard InChI is InChI=1S/C71H130O6/c1-4-7-10-13-16-19-22-25-27-29-31-33-35-37-39-41-43-46-49-52-55-58-61-64-70(73)76-67-68(66-75-69(72)63-60-57-54-51-48-45-24-21-18-15-12-9-6-3)77-71(74)65-62-59-56-53-50-47-44-42-40-38-36-34-32-30-28-26-23-20-17-14-11-8-5-2/h22-23,25-26,29-32,68H,4-21,24,27-28,33-67H2,1-3H3/b25-22-,26-23-,31-29-,32-30-. The van der Waals surface area contributed by atoms with Crippen molar-refractivity contribution < 1.29 is 28.6 Å². The minimum Gasteiger partial charge on any atom is -0.462 e. The molecule has 0 spiro atoms. The van der Waals surface area contributed by atoms with Crippen LogP contribution in [0.1, 0.15) is 367 Å². The summed E-state index contributed by atoms with van der Waals surface area (Å²) >= 11 is 0. The maximum Gasteiger partial charge on any atom is 0.306 e. The van der Waals surface area contributed by atoms with E-state index in [4.69, 9.17) is 14.2 Å². The van der Waals surface area contributed by atoms with Crippen molar-refractivity contribution in [1.82, 2.24) is 0 Å². The zero-order valence-electron chi connectivity index (χ0n) is 51.7. The Morgan fingerprint density at radius 1 is 0.260 bits per heavy atom. The van der Waals surface area contributed by atoms with Crippen molar-refractivity contribution in [3.05, 3.63) is 48.6 Å². The summed E-state index contributed by atoms with van der Waals surface area (Å²) in [6.45, 7) is 6.67. The van der Waals surface area contributed by atoms with Crippen molar-refractivity contribution in [3.8, 4) is 0 Å². The molecule has 0 aromatic carbocycles. The number of carbonyl (C=O) groups excluding carboxylic acids is 3. The summed E-state index contributed by atoms with van der Waals surface area (Å²) in [7, 11) is 0. The van der Waals surface area contributed by atoms with Crippen LogP contribution in [0.25, 0.3) is 0 Å². The summed E-state index contributed by atoms with van der Waals surface area (Å²) in [6, 6.07) is 0. The lowest BCUT2D eigenvalue weighted by atomic mass is 10.0. The lowest BCUT2D eigenvalue weighted by Gasteiger charge is -2.18. The number of carbonyl (C=O) groups is 3. The highest BCUT2D eigenvalue weighted by molar-refractivity contribution is 5.71. The van der Waals surface area contributed by atoms with E-state index in [1.165, 1.54) is 257 Å². The van der Waals surface area contributed by atoms with E-state index < -0.39 is 6.10 Å². The van der Waals surface area contributed by atoms with Gasteiger partial charge >= 0.3 is 17.9 Å². The van der Waals surface area contributed by atoms with Crippen LogP contribution in [0, 0.1) is 0 Å². The fourth-order valence-electron chi connectivity index (χ4n) is 10.2. The average Bonchev–Trinajstić information content (AvgIpc) is 3.43. The molecule has 77 heavy (non-hydrogen) atoms. The van der Waals surface area contributed by atoms with Gasteiger partial charge in [0.1, 0.15) is 13.2 Å². The van der Waals surface area contributed by atoms with Gasteiger partial charge in [0.05, 0.1) is 0 Å². The van der Waals surface area contributed by atoms with Crippen LogP contribution in [0.2, 0.25) is 0 Å². The zero-order chi connectivity index (χ0) is 55.7. The molecule has 0 rings (SSSR count). The molecule has 0 aliphatic carbocycles. The minimum absolute atomic E-state index is 0.0701. The summed E-state index contributed by atoms with van der Waals surface area (Å²) in [5.41, 5.74) is 0. The lowest BCUT2D eigenvalue weighted by Crippen LogP contribution is -2.30. The predicted molar refractivity (Wildman–Crippen MR) is 335 cm³/mol. The number of rotatable bonds is 63. The fourth-order valence-corrected chi connectivity index (χ4v) is 10.2. The summed E-state index contributed by atoms with van der Waals surface area (Å²) in [6.07, 6.45) is 82.7. The topological polar surface area (TPSA) is 78.9 Å². The van der Waals surface area contributed by atoms with Gasteiger partial charge in [0.15, 0.2) is 6.10 Å². The molecule has 0 saturated carbocycles. The van der Waals surface area contributed by atoms with Crippen LogP contribution in [0.5, 0.6) is 0 Å². The molecular weight excluding hydrogens is 949 g/mol. The maximum absolute atomic E-state index is 12.9. The number of esters is 3. The first kappa shape index (κ1) is 74.4. The summed E-state index contributed by atoms with van der Waals surface area (Å²) in [4.78, 5) is 38.4. The van der Waals surface area contributed by atoms with Crippen molar-refractivity contribution in [2.45, 2.75) is 374 Å². The Bertz CT molecular complexity index is 1330. The molecule has 0 aromatic rings. The Balaban J connectivity index is 4.28. The SMILES string of the molecule is CCCCCCC/C=C\C/C=C\CCCCCCCCCCCCCC(=O)OCC(COC(=O)CCCCCCCCCCCCCCC)OC(=O)CCCCCCCCCCCCC/C=C\C/C=C\CCCCCCC. The Labute approximate surface area is 479 Å². The number of allylic oxidation sites excluding steroid dienone is 8. The van der Waals surface area contributed by atoms with Crippen LogP contribution < -0.4 is 0 Å². The molecule has 1 atom stereocenters. The van der Waals surface area contributed by atoms with E-state index in [2.05, 4.69) is 69.4 Å². The molecule has 0 N–H and O–H groups in total. The smallest absolute Gasteiger partial charge is 0.306 e. The normalized spacial score (nSPS) is 12.3. The van der Waals surface area contributed by atoms with Gasteiger partial charge in [-0.05, 0) is 83.5 Å². The second-order valence-electron chi connectivity index (χ2n) is 23.1. The van der Waals surface area contributed by atoms with E-state index in [0.29, 0.717) is 19.3 Å². The average molecular weight is 1080 g/mol. The lowest BCUT2D eigenvalue weighted by molar-refractivity contribution is -0.167. The number of ether oxygens (including phenoxy) is 3. The molecule has 6 nitrogen and oxygen atoms in total. The predicted octanol–water partition coefficient (Wildman–Crippen LogP) is 23.3. The van der Waals surface area contributed by atoms with Gasteiger partial charge in [-0.1, -0.05) is 313 Å². The molecule has 0 amide bonds. The molecule has 0 aliphatic heterocycles. The van der Waals surface area contributed by atoms with Gasteiger partial charge in [-0.15, -0.1) is 0 Å². The number of hydrogen-bond acceptors (Lipinski definition) is 6. The molecule has 0 heterocycles. The van der Waals surface area contributed by atoms with Crippen LogP contribution in [0.4, 0.5) is 0 Å². The van der Waals surface area contributed by atoms with Crippen LogP contribution >= 0.6 is 0 Å². The number of unbranched alkanes of at least 4 members (excludes halogenated alkanes) is 44. The van der Waals surface area contributed by atoms with Crippen molar-refractivity contribution in [3.63, 3.8) is 0 Å². The molecule has 0 radical (unpaired) electrons. The van der Waals surface area contributed by atoms with E-state index >= 15 is 0 Å². The van der Waals surface area contributed by atoms with Gasteiger partial charge in [-0.3, -0.25) is 14.4 Å². The van der Waals surface area contributed by atoms with Gasteiger partial charge in [0.25, 0.3) is 0 Å². The molecule has 0 fully saturated rings. The third-order valence-corrected chi connectivity index (χ3v) is 15.3. The van der Waals surface area contributed by atoms with Gasteiger partial charge in [-0.25, -0.2) is 0 Å². The molecule has 450 valence electrons. The molecule has 6 heteroatoms. The third-order valence-electron chi connectivity index (χ3n) is 15.3. The van der Waals surface area contributed by atoms with Crippen LogP contribution in [-0.2, 0) is 28.6 Å². The van der Waals surface area contributed by atoms with Crippen molar-refractivity contribution in [1.29, 1.82) is 0 Å². The van der Waals surface area contributed by atoms with Crippen LogP contribution in [0.15, 0.2) is 48.6 Å². The second-order valence-corrected chi connectivity index (χ2v) is 23.1. The minimum atomic E-state index is -0.774. The highest BCUT2D eigenvalue weighted by Gasteiger charge is 2.19. The fraction of sp³-hybridized carbons (Fsp3) is 0.845. The Morgan fingerprint density at radius 3 is 0.714 bits per heavy atom. The van der Waals surface area contributed by atoms with Gasteiger partial charge in [0, 0.05) is 19.3 Å². The summed E-state index contributed by atoms with van der Waals surface area (Å²) < 4.78 is 17.0. The molecule has 0 aromatic heterocycles. The monoisotopic (exact) mass is 1080 g/mol. The van der Waals surface area contributed by atoms with E-state index in [1.807, 2.05) is 0 Å². The molecule has 0 bridgehead atoms. The first-order chi connectivity index (χ1) is 38.0. The molecule has 1 unspecified atom stereocenters. The Hall–Kier alpha value is -2.63. The summed E-state index contributed by atoms with van der Waals surface area (Å²) in [5, 5.41) is 0. The van der Waals surface area contributed by atoms with E-state index in [1.54, 1.807) is 0 Å². The highest BCUT2D eigenvalue weighted by Crippen LogP contribution is 2.17. The van der Waals surface area contributed by atoms with Crippen LogP contribution in [0.3, 0.4) is 0 Å². The third kappa shape index (κ3) is 64.1. The second kappa shape index (κ2) is 65.9. The largest absolute Gasteiger partial charge is 0.462 e. The van der Waals surface area contributed by atoms with Gasteiger partial charge in [-0.2, -0.15) is 0 Å². The van der Waals surface area contributed by atoms with Crippen molar-refractivity contribution in [2.24, 2.45) is 0 Å². The van der Waals surface area contributed by atoms with E-state index in [0.717, 1.165) is 70.6 Å². The summed E-state index contributed by atoms with van der Waals surface area (Å²) in [5.74, 6) is -0.850. The quantitative estimate of drug-likeness (QED) is 0.0261. The molecule has 0 saturated heterocycles. The maximum atomic E-state index is 12.9. The van der Waals surface area contributed by atoms with Crippen molar-refractivity contribution >= 4 is 17.9 Å². The number of hydrogen-bond donors (Lipinski definition) is 0. The van der Waals surface area contributed by atoms with E-state index in [9.17, 15) is 14.4 Å². The van der Waals surface area contributed by atoms with Crippen LogP contribution in [-0.4, -0.2) is 37.2 Å². The Kier molecular flexibility index (Phi) is 63.6. The van der Waals surface area contributed by atoms with Crippen molar-refractivity contribution in [2.75, 3.05) is 13.2 Å². The van der Waals surface area contributed by atoms with Gasteiger partial charge < -0.3 is 14.2 Å². The molecular formula is C71H130O6. The molecule has 0 aliphatic rings. The first-order valence-electron chi connectivity index (χ1n) is 34.1. The van der Waals surface area contributed by atoms with E-state index in [-0.39, 0.29) is 31.1 Å². The Morgan fingerprint density at radius 2 is 0.468 bits per heavy atom. The highest BCUT2D eigenvalue weighted by atomic mass is 16.6. The van der Waals surface area contributed by atoms with Gasteiger partial charge in [0.2, 0.25) is 0 Å². The zero-order valence-corrected chi connectivity index (χ0v) is 51.7.